The molecule has 98 valence electrons. The molecule has 0 fully saturated rings. The van der Waals surface area contributed by atoms with Gasteiger partial charge in [0, 0.05) is 0 Å². The fourth-order valence-electron chi connectivity index (χ4n) is 1.94. The van der Waals surface area contributed by atoms with E-state index in [9.17, 15) is 5.11 Å². The van der Waals surface area contributed by atoms with E-state index in [4.69, 9.17) is 0 Å². The summed E-state index contributed by atoms with van der Waals surface area (Å²) in [6, 6.07) is 0. The number of hydrogen-bond acceptors (Lipinski definition) is 1. The van der Waals surface area contributed by atoms with Crippen molar-refractivity contribution in [3.8, 4) is 0 Å². The van der Waals surface area contributed by atoms with E-state index < -0.39 is 0 Å². The van der Waals surface area contributed by atoms with Gasteiger partial charge >= 0.3 is 0 Å². The summed E-state index contributed by atoms with van der Waals surface area (Å²) in [5.41, 5.74) is 0.460. The Kier molecular flexibility index (Phi) is 9.02. The molecule has 0 radical (unpaired) electrons. The second-order valence-corrected chi connectivity index (χ2v) is 5.91. The Morgan fingerprint density at radius 2 is 1.56 bits per heavy atom. The minimum absolute atomic E-state index is 0.0514. The van der Waals surface area contributed by atoms with Gasteiger partial charge in [-0.2, -0.15) is 0 Å². The lowest BCUT2D eigenvalue weighted by Crippen LogP contribution is -2.12. The van der Waals surface area contributed by atoms with E-state index >= 15 is 0 Å². The average Bonchev–Trinajstić information content (AvgIpc) is 2.24. The van der Waals surface area contributed by atoms with Crippen LogP contribution in [-0.2, 0) is 0 Å². The molecule has 1 unspecified atom stereocenters. The maximum absolute atomic E-state index is 9.82. The molecular weight excluding hydrogens is 196 g/mol. The predicted molar refractivity (Wildman–Crippen MR) is 72.7 cm³/mol. The summed E-state index contributed by atoms with van der Waals surface area (Å²) in [4.78, 5) is 0. The lowest BCUT2D eigenvalue weighted by Gasteiger charge is -2.23. The molecule has 0 aromatic heterocycles. The monoisotopic (exact) mass is 228 g/mol. The molecule has 0 bridgehead atoms. The number of rotatable bonds is 10. The van der Waals surface area contributed by atoms with E-state index in [0.717, 1.165) is 12.8 Å². The first-order chi connectivity index (χ1) is 7.52. The number of unbranched alkanes of at least 4 members (excludes halogenated alkanes) is 3. The van der Waals surface area contributed by atoms with Crippen LogP contribution in [0.5, 0.6) is 0 Å². The predicted octanol–water partition coefficient (Wildman–Crippen LogP) is 4.92. The Morgan fingerprint density at radius 3 is 2.12 bits per heavy atom. The van der Waals surface area contributed by atoms with Gasteiger partial charge in [-0.05, 0) is 24.7 Å². The standard InChI is InChI=1S/C15H32O/c1-5-7-8-9-11-14(16)12-10-13-15(3,4)6-2/h14,16H,5-13H2,1-4H3. The van der Waals surface area contributed by atoms with E-state index in [0.29, 0.717) is 5.41 Å². The SMILES string of the molecule is CCCCCCC(O)CCCC(C)(C)CC. The summed E-state index contributed by atoms with van der Waals surface area (Å²) in [6.45, 7) is 9.12. The van der Waals surface area contributed by atoms with Crippen LogP contribution in [0, 0.1) is 5.41 Å². The molecule has 0 aliphatic heterocycles. The fourth-order valence-corrected chi connectivity index (χ4v) is 1.94. The zero-order valence-electron chi connectivity index (χ0n) is 11.9. The molecule has 0 aromatic rings. The highest BCUT2D eigenvalue weighted by atomic mass is 16.3. The molecule has 0 aromatic carbocycles. The molecule has 0 saturated heterocycles. The van der Waals surface area contributed by atoms with Crippen LogP contribution in [0.3, 0.4) is 0 Å². The van der Waals surface area contributed by atoms with E-state index in [1.165, 1.54) is 44.9 Å². The third kappa shape index (κ3) is 9.21. The van der Waals surface area contributed by atoms with Gasteiger partial charge in [-0.1, -0.05) is 66.2 Å². The zero-order valence-corrected chi connectivity index (χ0v) is 11.9. The van der Waals surface area contributed by atoms with Crippen molar-refractivity contribution in [1.82, 2.24) is 0 Å². The Hall–Kier alpha value is -0.0400. The molecule has 1 nitrogen and oxygen atoms in total. The van der Waals surface area contributed by atoms with Crippen molar-refractivity contribution in [2.24, 2.45) is 5.41 Å². The largest absolute Gasteiger partial charge is 0.393 e. The first-order valence-electron chi connectivity index (χ1n) is 7.20. The lowest BCUT2D eigenvalue weighted by molar-refractivity contribution is 0.141. The maximum Gasteiger partial charge on any atom is 0.0540 e. The van der Waals surface area contributed by atoms with E-state index in [1.54, 1.807) is 0 Å². The molecule has 0 amide bonds. The molecule has 0 heterocycles. The summed E-state index contributed by atoms with van der Waals surface area (Å²) < 4.78 is 0. The Balaban J connectivity index is 3.40. The molecule has 1 atom stereocenters. The second kappa shape index (κ2) is 9.04. The number of aliphatic hydroxyl groups excluding tert-OH is 1. The lowest BCUT2D eigenvalue weighted by atomic mass is 9.84. The van der Waals surface area contributed by atoms with E-state index in [2.05, 4.69) is 27.7 Å². The fraction of sp³-hybridized carbons (Fsp3) is 1.00. The minimum Gasteiger partial charge on any atom is -0.393 e. The molecule has 1 heteroatoms. The number of aliphatic hydroxyl groups is 1. The van der Waals surface area contributed by atoms with Gasteiger partial charge in [0.1, 0.15) is 0 Å². The molecule has 0 aliphatic carbocycles. The van der Waals surface area contributed by atoms with Gasteiger partial charge in [0.2, 0.25) is 0 Å². The molecule has 0 saturated carbocycles. The molecule has 0 rings (SSSR count). The van der Waals surface area contributed by atoms with Crippen molar-refractivity contribution in [1.29, 1.82) is 0 Å². The first-order valence-corrected chi connectivity index (χ1v) is 7.20. The van der Waals surface area contributed by atoms with Gasteiger partial charge < -0.3 is 5.11 Å². The number of hydrogen-bond donors (Lipinski definition) is 1. The van der Waals surface area contributed by atoms with Crippen molar-refractivity contribution in [3.63, 3.8) is 0 Å². The summed E-state index contributed by atoms with van der Waals surface area (Å²) >= 11 is 0. The van der Waals surface area contributed by atoms with Gasteiger partial charge in [0.15, 0.2) is 0 Å². The average molecular weight is 228 g/mol. The summed E-state index contributed by atoms with van der Waals surface area (Å²) in [7, 11) is 0. The van der Waals surface area contributed by atoms with Crippen molar-refractivity contribution in [2.75, 3.05) is 0 Å². The quantitative estimate of drug-likeness (QED) is 0.526. The van der Waals surface area contributed by atoms with Gasteiger partial charge in [-0.15, -0.1) is 0 Å². The van der Waals surface area contributed by atoms with Crippen molar-refractivity contribution in [3.05, 3.63) is 0 Å². The zero-order chi connectivity index (χ0) is 12.4. The van der Waals surface area contributed by atoms with Crippen LogP contribution in [0.1, 0.15) is 85.5 Å². The molecule has 0 spiro atoms. The van der Waals surface area contributed by atoms with Crippen LogP contribution < -0.4 is 0 Å². The Labute approximate surface area is 103 Å². The van der Waals surface area contributed by atoms with Crippen LogP contribution in [0.2, 0.25) is 0 Å². The van der Waals surface area contributed by atoms with E-state index in [1.807, 2.05) is 0 Å². The molecular formula is C15H32O. The smallest absolute Gasteiger partial charge is 0.0540 e. The highest BCUT2D eigenvalue weighted by Gasteiger charge is 2.15. The van der Waals surface area contributed by atoms with Gasteiger partial charge in [0.05, 0.1) is 6.10 Å². The van der Waals surface area contributed by atoms with Crippen LogP contribution in [0.25, 0.3) is 0 Å². The topological polar surface area (TPSA) is 20.2 Å². The van der Waals surface area contributed by atoms with Crippen LogP contribution >= 0.6 is 0 Å². The Bertz CT molecular complexity index is 152. The van der Waals surface area contributed by atoms with Crippen LogP contribution in [0.4, 0.5) is 0 Å². The highest BCUT2D eigenvalue weighted by molar-refractivity contribution is 4.67. The molecule has 16 heavy (non-hydrogen) atoms. The van der Waals surface area contributed by atoms with E-state index in [-0.39, 0.29) is 6.10 Å². The minimum atomic E-state index is -0.0514. The van der Waals surface area contributed by atoms with Crippen LogP contribution in [-0.4, -0.2) is 11.2 Å². The summed E-state index contributed by atoms with van der Waals surface area (Å²) in [6.07, 6.45) is 10.7. The van der Waals surface area contributed by atoms with Gasteiger partial charge in [-0.25, -0.2) is 0 Å². The molecule has 1 N–H and O–H groups in total. The summed E-state index contributed by atoms with van der Waals surface area (Å²) in [5.74, 6) is 0. The highest BCUT2D eigenvalue weighted by Crippen LogP contribution is 2.27. The van der Waals surface area contributed by atoms with Crippen molar-refractivity contribution >= 4 is 0 Å². The normalized spacial score (nSPS) is 14.1. The van der Waals surface area contributed by atoms with Crippen LogP contribution in [0.15, 0.2) is 0 Å². The van der Waals surface area contributed by atoms with Crippen molar-refractivity contribution < 1.29 is 5.11 Å². The van der Waals surface area contributed by atoms with Crippen molar-refractivity contribution in [2.45, 2.75) is 91.6 Å². The maximum atomic E-state index is 9.82. The molecule has 0 aliphatic rings. The van der Waals surface area contributed by atoms with Gasteiger partial charge in [0.25, 0.3) is 0 Å². The third-order valence-electron chi connectivity index (χ3n) is 3.74. The Morgan fingerprint density at radius 1 is 0.938 bits per heavy atom. The van der Waals surface area contributed by atoms with Gasteiger partial charge in [-0.3, -0.25) is 0 Å². The second-order valence-electron chi connectivity index (χ2n) is 5.91. The summed E-state index contributed by atoms with van der Waals surface area (Å²) in [5, 5.41) is 9.82. The third-order valence-corrected chi connectivity index (χ3v) is 3.74. The first kappa shape index (κ1) is 16.0.